The van der Waals surface area contributed by atoms with Crippen LogP contribution < -0.4 is 5.43 Å². The van der Waals surface area contributed by atoms with Crippen LogP contribution in [0.3, 0.4) is 0 Å². The minimum Gasteiger partial charge on any atom is -0.261 e. The second kappa shape index (κ2) is 6.26. The molecule has 0 spiro atoms. The molecule has 1 aromatic rings. The molecule has 0 unspecified atom stereocenters. The van der Waals surface area contributed by atoms with Gasteiger partial charge in [0, 0.05) is 11.9 Å². The van der Waals surface area contributed by atoms with Gasteiger partial charge in [0.1, 0.15) is 5.82 Å². The third-order valence-corrected chi connectivity index (χ3v) is 4.21. The van der Waals surface area contributed by atoms with Crippen LogP contribution >= 0.6 is 0 Å². The van der Waals surface area contributed by atoms with Gasteiger partial charge in [0.15, 0.2) is 0 Å². The Morgan fingerprint density at radius 1 is 1.14 bits per heavy atom. The maximum absolute atomic E-state index is 12.4. The van der Waals surface area contributed by atoms with E-state index in [2.05, 4.69) is 36.3 Å². The van der Waals surface area contributed by atoms with E-state index in [1.807, 2.05) is 0 Å². The van der Waals surface area contributed by atoms with Crippen molar-refractivity contribution in [2.24, 2.45) is 16.4 Å². The molecule has 0 aromatic carbocycles. The Morgan fingerprint density at radius 2 is 1.77 bits per heavy atom. The van der Waals surface area contributed by atoms with Crippen LogP contribution in [0.4, 0.5) is 19.0 Å². The molecular weight excluding hydrogens is 291 g/mol. The van der Waals surface area contributed by atoms with Gasteiger partial charge in [-0.1, -0.05) is 20.8 Å². The quantitative estimate of drug-likeness (QED) is 0.771. The molecule has 0 amide bonds. The molecule has 6 heteroatoms. The number of pyridine rings is 1. The minimum absolute atomic E-state index is 0.313. The van der Waals surface area contributed by atoms with Gasteiger partial charge in [-0.25, -0.2) is 4.98 Å². The van der Waals surface area contributed by atoms with Crippen molar-refractivity contribution in [2.45, 2.75) is 52.6 Å². The lowest BCUT2D eigenvalue weighted by molar-refractivity contribution is -0.137. The first-order chi connectivity index (χ1) is 10.2. The Hall–Kier alpha value is -1.59. The van der Waals surface area contributed by atoms with Crippen LogP contribution in [0.5, 0.6) is 0 Å². The van der Waals surface area contributed by atoms with E-state index in [0.29, 0.717) is 17.2 Å². The lowest BCUT2D eigenvalue weighted by Gasteiger charge is -2.34. The normalized spacial score (nSPS) is 19.9. The maximum Gasteiger partial charge on any atom is 0.417 e. The average Bonchev–Trinajstić information content (AvgIpc) is 2.44. The number of rotatable bonds is 2. The third-order valence-electron chi connectivity index (χ3n) is 4.21. The molecule has 3 nitrogen and oxygen atoms in total. The van der Waals surface area contributed by atoms with E-state index in [1.54, 1.807) is 0 Å². The summed E-state index contributed by atoms with van der Waals surface area (Å²) in [5.41, 5.74) is 3.37. The number of anilines is 1. The van der Waals surface area contributed by atoms with Crippen molar-refractivity contribution in [1.29, 1.82) is 0 Å². The fraction of sp³-hybridized carbons (Fsp3) is 0.625. The fourth-order valence-electron chi connectivity index (χ4n) is 2.69. The summed E-state index contributed by atoms with van der Waals surface area (Å²) in [6, 6.07) is 2.31. The summed E-state index contributed by atoms with van der Waals surface area (Å²) >= 11 is 0. The molecule has 0 atom stereocenters. The van der Waals surface area contributed by atoms with E-state index >= 15 is 0 Å². The Balaban J connectivity index is 1.91. The first-order valence-electron chi connectivity index (χ1n) is 7.51. The molecule has 1 aromatic heterocycles. The van der Waals surface area contributed by atoms with E-state index in [4.69, 9.17) is 0 Å². The fourth-order valence-corrected chi connectivity index (χ4v) is 2.69. The highest BCUT2D eigenvalue weighted by molar-refractivity contribution is 5.85. The van der Waals surface area contributed by atoms with Crippen molar-refractivity contribution in [3.8, 4) is 0 Å². The van der Waals surface area contributed by atoms with Crippen LogP contribution in [0.25, 0.3) is 0 Å². The Morgan fingerprint density at radius 3 is 2.23 bits per heavy atom. The van der Waals surface area contributed by atoms with E-state index in [9.17, 15) is 13.2 Å². The van der Waals surface area contributed by atoms with Gasteiger partial charge in [-0.15, -0.1) is 0 Å². The molecular formula is C16H22F3N3. The van der Waals surface area contributed by atoms with Crippen molar-refractivity contribution < 1.29 is 13.2 Å². The Labute approximate surface area is 129 Å². The molecule has 0 radical (unpaired) electrons. The number of hydrazone groups is 1. The summed E-state index contributed by atoms with van der Waals surface area (Å²) in [5, 5.41) is 4.28. The van der Waals surface area contributed by atoms with Crippen molar-refractivity contribution >= 4 is 11.5 Å². The highest BCUT2D eigenvalue weighted by Gasteiger charge is 2.30. The number of hydrogen-bond donors (Lipinski definition) is 1. The topological polar surface area (TPSA) is 37.3 Å². The van der Waals surface area contributed by atoms with Gasteiger partial charge in [-0.2, -0.15) is 18.3 Å². The van der Waals surface area contributed by atoms with E-state index < -0.39 is 11.7 Å². The van der Waals surface area contributed by atoms with Crippen LogP contribution in [-0.4, -0.2) is 10.7 Å². The number of nitrogens with one attached hydrogen (secondary N) is 1. The molecule has 1 N–H and O–H groups in total. The van der Waals surface area contributed by atoms with Crippen molar-refractivity contribution in [1.82, 2.24) is 4.98 Å². The Bertz CT molecular complexity index is 517. The molecule has 0 saturated heterocycles. The van der Waals surface area contributed by atoms with Gasteiger partial charge in [-0.3, -0.25) is 5.43 Å². The largest absolute Gasteiger partial charge is 0.417 e. The lowest BCUT2D eigenvalue weighted by Crippen LogP contribution is -2.26. The van der Waals surface area contributed by atoms with Crippen molar-refractivity contribution in [3.63, 3.8) is 0 Å². The smallest absolute Gasteiger partial charge is 0.261 e. The summed E-state index contributed by atoms with van der Waals surface area (Å²) in [5.74, 6) is 1.02. The first-order valence-corrected chi connectivity index (χ1v) is 7.51. The maximum atomic E-state index is 12.4. The second-order valence-corrected chi connectivity index (χ2v) is 6.86. The zero-order chi connectivity index (χ0) is 16.4. The molecule has 0 bridgehead atoms. The summed E-state index contributed by atoms with van der Waals surface area (Å²) in [7, 11) is 0. The molecule has 1 aliphatic rings. The third kappa shape index (κ3) is 4.45. The summed E-state index contributed by atoms with van der Waals surface area (Å²) in [6.45, 7) is 6.76. The van der Waals surface area contributed by atoms with E-state index in [-0.39, 0.29) is 0 Å². The molecule has 22 heavy (non-hydrogen) atoms. The molecule has 0 aliphatic heterocycles. The second-order valence-electron chi connectivity index (χ2n) is 6.86. The standard InChI is InChI=1S/C16H22F3N3/c1-15(2,3)11-4-7-13(8-5-11)21-22-14-9-6-12(10-20-14)16(17,18)19/h6,9-11H,4-5,7-8H2,1-3H3,(H,20,22). The Kier molecular flexibility index (Phi) is 4.78. The highest BCUT2D eigenvalue weighted by Crippen LogP contribution is 2.36. The zero-order valence-electron chi connectivity index (χ0n) is 13.2. The van der Waals surface area contributed by atoms with E-state index in [0.717, 1.165) is 43.7 Å². The van der Waals surface area contributed by atoms with Crippen molar-refractivity contribution in [2.75, 3.05) is 5.43 Å². The minimum atomic E-state index is -4.36. The van der Waals surface area contributed by atoms with Gasteiger partial charge < -0.3 is 0 Å². The van der Waals surface area contributed by atoms with Gasteiger partial charge in [-0.05, 0) is 49.1 Å². The summed E-state index contributed by atoms with van der Waals surface area (Å²) in [6.07, 6.45) is 0.516. The van der Waals surface area contributed by atoms with E-state index in [1.165, 1.54) is 6.07 Å². The summed E-state index contributed by atoms with van der Waals surface area (Å²) < 4.78 is 37.3. The molecule has 1 fully saturated rings. The lowest BCUT2D eigenvalue weighted by atomic mass is 9.72. The number of alkyl halides is 3. The zero-order valence-corrected chi connectivity index (χ0v) is 13.2. The van der Waals surface area contributed by atoms with Crippen LogP contribution in [0.2, 0.25) is 0 Å². The van der Waals surface area contributed by atoms with Crippen LogP contribution in [-0.2, 0) is 6.18 Å². The van der Waals surface area contributed by atoms with Crippen LogP contribution in [0.15, 0.2) is 23.4 Å². The molecule has 2 rings (SSSR count). The highest BCUT2D eigenvalue weighted by atomic mass is 19.4. The van der Waals surface area contributed by atoms with Gasteiger partial charge in [0.25, 0.3) is 0 Å². The molecule has 122 valence electrons. The number of aromatic nitrogens is 1. The van der Waals surface area contributed by atoms with Gasteiger partial charge in [0.05, 0.1) is 5.56 Å². The number of hydrogen-bond acceptors (Lipinski definition) is 3. The monoisotopic (exact) mass is 313 g/mol. The van der Waals surface area contributed by atoms with Crippen LogP contribution in [0.1, 0.15) is 52.0 Å². The van der Waals surface area contributed by atoms with Gasteiger partial charge >= 0.3 is 6.18 Å². The van der Waals surface area contributed by atoms with Gasteiger partial charge in [0.2, 0.25) is 0 Å². The molecule has 1 aliphatic carbocycles. The predicted octanol–water partition coefficient (Wildman–Crippen LogP) is 5.10. The predicted molar refractivity (Wildman–Crippen MR) is 81.7 cm³/mol. The summed E-state index contributed by atoms with van der Waals surface area (Å²) in [4.78, 5) is 3.75. The van der Waals surface area contributed by atoms with Crippen molar-refractivity contribution in [3.05, 3.63) is 23.9 Å². The number of halogens is 3. The first kappa shape index (κ1) is 16.8. The SMILES string of the molecule is CC(C)(C)C1CCC(=NNc2ccc(C(F)(F)F)cn2)CC1. The molecule has 1 saturated carbocycles. The average molecular weight is 313 g/mol. The number of nitrogens with zero attached hydrogens (tertiary/aromatic N) is 2. The molecule has 1 heterocycles. The van der Waals surface area contributed by atoms with Crippen LogP contribution in [0, 0.1) is 11.3 Å².